The number of imidazole rings is 1. The summed E-state index contributed by atoms with van der Waals surface area (Å²) in [5.41, 5.74) is 6.00. The molecule has 14 heteroatoms. The van der Waals surface area contributed by atoms with E-state index in [0.717, 1.165) is 0 Å². The van der Waals surface area contributed by atoms with E-state index in [0.29, 0.717) is 44.3 Å². The van der Waals surface area contributed by atoms with Gasteiger partial charge in [-0.15, -0.1) is 0 Å². The van der Waals surface area contributed by atoms with Crippen molar-refractivity contribution in [3.63, 3.8) is 0 Å². The van der Waals surface area contributed by atoms with Crippen molar-refractivity contribution in [1.29, 1.82) is 0 Å². The second kappa shape index (κ2) is 11.4. The Kier molecular flexibility index (Phi) is 8.39. The molecule has 3 aliphatic rings. The Morgan fingerprint density at radius 2 is 1.77 bits per heavy atom. The topological polar surface area (TPSA) is 217 Å². The fraction of sp³-hybridized carbons (Fsp3) is 0.571. The Morgan fingerprint density at radius 3 is 2.26 bits per heavy atom. The molecule has 4 atom stereocenters. The van der Waals surface area contributed by atoms with Crippen molar-refractivity contribution < 1.29 is 33.9 Å². The van der Waals surface area contributed by atoms with E-state index < -0.39 is 42.0 Å². The molecule has 3 saturated heterocycles. The molecule has 0 radical (unpaired) electrons. The van der Waals surface area contributed by atoms with E-state index in [-0.39, 0.29) is 30.6 Å². The van der Waals surface area contributed by atoms with Gasteiger partial charge in [0.05, 0.1) is 12.0 Å². The van der Waals surface area contributed by atoms with Crippen LogP contribution in [0.4, 0.5) is 0 Å². The Bertz CT molecular complexity index is 981. The standard InChI is InChI=1S/C16H22N6O4.C5H7NO3/c17-14(24)12-2-1-5-22(12)16(26)11(6-9-7-18-8-19-9)21-15(25)10-3-4-13(23)20-10;7-4-2-1-3(6-4)5(8)9/h7-8,10-12H,1-6H2,(H2,17,24)(H,18,19)(H,20,23)(H,21,25);3H,1-2H2,(H,6,7)(H,8,9)/t10-,11-,12-;3-/m00/s1. The van der Waals surface area contributed by atoms with Gasteiger partial charge in [-0.2, -0.15) is 0 Å². The molecule has 35 heavy (non-hydrogen) atoms. The number of aromatic amines is 1. The predicted molar refractivity (Wildman–Crippen MR) is 118 cm³/mol. The van der Waals surface area contributed by atoms with E-state index in [9.17, 15) is 28.8 Å². The molecule has 5 amide bonds. The van der Waals surface area contributed by atoms with Gasteiger partial charge in [0, 0.05) is 32.0 Å². The van der Waals surface area contributed by atoms with Gasteiger partial charge in [-0.05, 0) is 25.7 Å². The number of carbonyl (C=O) groups is 6. The first kappa shape index (κ1) is 25.6. The predicted octanol–water partition coefficient (Wildman–Crippen LogP) is -2.46. The quantitative estimate of drug-likeness (QED) is 0.240. The number of aromatic nitrogens is 2. The molecule has 4 rings (SSSR count). The van der Waals surface area contributed by atoms with E-state index in [1.807, 2.05) is 0 Å². The third-order valence-corrected chi connectivity index (χ3v) is 6.05. The molecule has 0 unspecified atom stereocenters. The maximum atomic E-state index is 13.0. The van der Waals surface area contributed by atoms with Gasteiger partial charge in [0.1, 0.15) is 24.2 Å². The van der Waals surface area contributed by atoms with Gasteiger partial charge in [0.25, 0.3) is 0 Å². The number of carboxylic acid groups (broad SMARTS) is 1. The van der Waals surface area contributed by atoms with Gasteiger partial charge in [-0.25, -0.2) is 9.78 Å². The minimum absolute atomic E-state index is 0.164. The van der Waals surface area contributed by atoms with Gasteiger partial charge >= 0.3 is 5.97 Å². The SMILES string of the molecule is NC(=O)[C@@H]1CCCN1C(=O)[C@H](Cc1c[nH]cn1)NC(=O)[C@@H]1CCC(=O)N1.O=C1CC[C@@H](C(=O)O)N1. The van der Waals surface area contributed by atoms with Gasteiger partial charge < -0.3 is 36.7 Å². The highest BCUT2D eigenvalue weighted by Gasteiger charge is 2.38. The van der Waals surface area contributed by atoms with Crippen LogP contribution in [0.3, 0.4) is 0 Å². The summed E-state index contributed by atoms with van der Waals surface area (Å²) in [6.45, 7) is 0.416. The van der Waals surface area contributed by atoms with E-state index in [2.05, 4.69) is 25.9 Å². The normalized spacial score (nSPS) is 24.1. The van der Waals surface area contributed by atoms with Crippen molar-refractivity contribution in [2.45, 2.75) is 69.1 Å². The zero-order valence-electron chi connectivity index (χ0n) is 19.0. The highest BCUT2D eigenvalue weighted by atomic mass is 16.4. The van der Waals surface area contributed by atoms with Gasteiger partial charge in [-0.1, -0.05) is 0 Å². The van der Waals surface area contributed by atoms with Crippen LogP contribution in [0.1, 0.15) is 44.2 Å². The molecular weight excluding hydrogens is 462 g/mol. The van der Waals surface area contributed by atoms with Gasteiger partial charge in [0.15, 0.2) is 0 Å². The summed E-state index contributed by atoms with van der Waals surface area (Å²) < 4.78 is 0. The summed E-state index contributed by atoms with van der Waals surface area (Å²) in [7, 11) is 0. The van der Waals surface area contributed by atoms with Crippen molar-refractivity contribution in [2.24, 2.45) is 5.73 Å². The zero-order valence-corrected chi connectivity index (χ0v) is 19.0. The number of nitrogens with two attached hydrogens (primary N) is 1. The number of amides is 5. The molecule has 3 fully saturated rings. The Balaban J connectivity index is 0.000000320. The number of hydrogen-bond acceptors (Lipinski definition) is 7. The Labute approximate surface area is 200 Å². The summed E-state index contributed by atoms with van der Waals surface area (Å²) in [5, 5.41) is 15.9. The summed E-state index contributed by atoms with van der Waals surface area (Å²) in [6, 6.07) is -2.84. The monoisotopic (exact) mass is 491 g/mol. The number of primary amides is 1. The lowest BCUT2D eigenvalue weighted by atomic mass is 10.1. The van der Waals surface area contributed by atoms with Crippen molar-refractivity contribution in [2.75, 3.05) is 6.54 Å². The third kappa shape index (κ3) is 6.77. The van der Waals surface area contributed by atoms with E-state index >= 15 is 0 Å². The molecule has 0 saturated carbocycles. The summed E-state index contributed by atoms with van der Waals surface area (Å²) in [4.78, 5) is 77.2. The minimum Gasteiger partial charge on any atom is -0.480 e. The number of aliphatic carboxylic acids is 1. The van der Waals surface area contributed by atoms with Crippen LogP contribution in [0.15, 0.2) is 12.5 Å². The van der Waals surface area contributed by atoms with Crippen molar-refractivity contribution in [1.82, 2.24) is 30.8 Å². The fourth-order valence-corrected chi connectivity index (χ4v) is 4.22. The molecule has 1 aromatic rings. The average molecular weight is 492 g/mol. The lowest BCUT2D eigenvalue weighted by Crippen LogP contribution is -2.56. The average Bonchev–Trinajstić information content (AvgIpc) is 3.60. The van der Waals surface area contributed by atoms with Crippen LogP contribution in [0.5, 0.6) is 0 Å². The molecule has 1 aromatic heterocycles. The third-order valence-electron chi connectivity index (χ3n) is 6.05. The van der Waals surface area contributed by atoms with Crippen molar-refractivity contribution in [3.8, 4) is 0 Å². The second-order valence-corrected chi connectivity index (χ2v) is 8.57. The second-order valence-electron chi connectivity index (χ2n) is 8.57. The van der Waals surface area contributed by atoms with E-state index in [1.54, 1.807) is 6.20 Å². The molecule has 0 aromatic carbocycles. The number of carbonyl (C=O) groups excluding carboxylic acids is 5. The van der Waals surface area contributed by atoms with Gasteiger partial charge in [0.2, 0.25) is 29.5 Å². The maximum Gasteiger partial charge on any atom is 0.326 e. The van der Waals surface area contributed by atoms with Crippen LogP contribution in [0, 0.1) is 0 Å². The number of H-pyrrole nitrogens is 1. The lowest BCUT2D eigenvalue weighted by Gasteiger charge is -2.28. The molecule has 7 N–H and O–H groups in total. The number of carboxylic acids is 1. The van der Waals surface area contributed by atoms with Crippen LogP contribution >= 0.6 is 0 Å². The molecule has 0 bridgehead atoms. The van der Waals surface area contributed by atoms with Crippen LogP contribution in [-0.2, 0) is 35.2 Å². The molecule has 4 heterocycles. The first-order chi connectivity index (χ1) is 16.7. The van der Waals surface area contributed by atoms with Gasteiger partial charge in [-0.3, -0.25) is 24.0 Å². The number of rotatable bonds is 7. The van der Waals surface area contributed by atoms with Crippen LogP contribution in [0.25, 0.3) is 0 Å². The van der Waals surface area contributed by atoms with Crippen molar-refractivity contribution in [3.05, 3.63) is 18.2 Å². The lowest BCUT2D eigenvalue weighted by molar-refractivity contribution is -0.140. The molecule has 0 aliphatic carbocycles. The first-order valence-corrected chi connectivity index (χ1v) is 11.3. The molecule has 3 aliphatic heterocycles. The summed E-state index contributed by atoms with van der Waals surface area (Å²) >= 11 is 0. The molecule has 190 valence electrons. The maximum absolute atomic E-state index is 13.0. The molecule has 14 nitrogen and oxygen atoms in total. The Hall–Kier alpha value is -3.97. The Morgan fingerprint density at radius 1 is 1.11 bits per heavy atom. The van der Waals surface area contributed by atoms with Crippen LogP contribution in [-0.4, -0.2) is 86.2 Å². The smallest absolute Gasteiger partial charge is 0.326 e. The fourth-order valence-electron chi connectivity index (χ4n) is 4.22. The highest BCUT2D eigenvalue weighted by molar-refractivity contribution is 5.95. The van der Waals surface area contributed by atoms with Crippen molar-refractivity contribution >= 4 is 35.5 Å². The summed E-state index contributed by atoms with van der Waals surface area (Å²) in [6.07, 6.45) is 5.94. The number of hydrogen-bond donors (Lipinski definition) is 6. The molecular formula is C21H29N7O7. The zero-order chi connectivity index (χ0) is 25.5. The molecule has 0 spiro atoms. The number of likely N-dealkylation sites (tertiary alicyclic amines) is 1. The number of nitrogens with one attached hydrogen (secondary N) is 4. The minimum atomic E-state index is -0.944. The van der Waals surface area contributed by atoms with Crippen LogP contribution in [0.2, 0.25) is 0 Å². The van der Waals surface area contributed by atoms with E-state index in [1.165, 1.54) is 11.2 Å². The first-order valence-electron chi connectivity index (χ1n) is 11.3. The largest absolute Gasteiger partial charge is 0.480 e. The highest BCUT2D eigenvalue weighted by Crippen LogP contribution is 2.19. The number of nitrogens with zero attached hydrogens (tertiary/aromatic N) is 2. The summed E-state index contributed by atoms with van der Waals surface area (Å²) in [5.74, 6) is -2.63. The van der Waals surface area contributed by atoms with Crippen LogP contribution < -0.4 is 21.7 Å². The van der Waals surface area contributed by atoms with E-state index in [4.69, 9.17) is 10.8 Å².